The van der Waals surface area contributed by atoms with Gasteiger partial charge >= 0.3 is 5.97 Å². The van der Waals surface area contributed by atoms with Gasteiger partial charge in [-0.1, -0.05) is 109 Å². The highest BCUT2D eigenvalue weighted by atomic mass is 16.8. The quantitative estimate of drug-likeness (QED) is 0.0286. The van der Waals surface area contributed by atoms with Crippen LogP contribution in [0.25, 0.3) is 0 Å². The Hall–Kier alpha value is -2.79. The molecule has 430 valence electrons. The lowest BCUT2D eigenvalue weighted by Crippen LogP contribution is -2.70. The maximum Gasteiger partial charge on any atom is 0.364 e. The van der Waals surface area contributed by atoms with Gasteiger partial charge in [-0.15, -0.1) is 0 Å². The molecule has 0 saturated carbocycles. The number of aliphatic carboxylic acids is 1. The van der Waals surface area contributed by atoms with Gasteiger partial charge in [0.1, 0.15) is 67.1 Å². The van der Waals surface area contributed by atoms with Gasteiger partial charge in [0.2, 0.25) is 11.8 Å². The first-order chi connectivity index (χ1) is 35.4. The minimum absolute atomic E-state index is 0.188. The van der Waals surface area contributed by atoms with Crippen LogP contribution in [0.1, 0.15) is 143 Å². The summed E-state index contributed by atoms with van der Waals surface area (Å²) in [5.74, 6) is -6.16. The van der Waals surface area contributed by atoms with Crippen LogP contribution in [0.2, 0.25) is 0 Å². The van der Waals surface area contributed by atoms with Crippen molar-refractivity contribution in [2.75, 3.05) is 26.4 Å². The van der Waals surface area contributed by atoms with Crippen LogP contribution >= 0.6 is 0 Å². The Kier molecular flexibility index (Phi) is 30.9. The molecule has 0 aliphatic carbocycles. The Balaban J connectivity index is 1.74. The van der Waals surface area contributed by atoms with Gasteiger partial charge in [0.15, 0.2) is 12.6 Å². The molecule has 0 aromatic heterocycles. The summed E-state index contributed by atoms with van der Waals surface area (Å²) in [7, 11) is 0. The number of amides is 2. The zero-order valence-electron chi connectivity index (χ0n) is 43.4. The van der Waals surface area contributed by atoms with E-state index in [4.69, 9.17) is 28.4 Å². The Labute approximate surface area is 434 Å². The van der Waals surface area contributed by atoms with E-state index in [0.29, 0.717) is 12.8 Å². The summed E-state index contributed by atoms with van der Waals surface area (Å²) in [4.78, 5) is 38.1. The Morgan fingerprint density at radius 2 is 1.28 bits per heavy atom. The van der Waals surface area contributed by atoms with Gasteiger partial charge in [-0.2, -0.15) is 0 Å². The first-order valence-corrected chi connectivity index (χ1v) is 26.7. The molecule has 18 unspecified atom stereocenters. The number of carbonyl (C=O) groups is 3. The lowest BCUT2D eigenvalue weighted by molar-refractivity contribution is -0.386. The number of allylic oxidation sites excluding steroid dienone is 3. The van der Waals surface area contributed by atoms with Gasteiger partial charge in [-0.05, 0) is 38.5 Å². The molecule has 3 saturated heterocycles. The second kappa shape index (κ2) is 34.9. The largest absolute Gasteiger partial charge is 0.477 e. The highest BCUT2D eigenvalue weighted by Crippen LogP contribution is 2.38. The molecule has 0 aromatic rings. The van der Waals surface area contributed by atoms with E-state index in [2.05, 4.69) is 36.6 Å². The fraction of sp³-hybridized carbons (Fsp3) is 0.863. The van der Waals surface area contributed by atoms with E-state index >= 15 is 0 Å². The monoisotopic (exact) mass is 1070 g/mol. The molecule has 0 bridgehead atoms. The third-order valence-corrected chi connectivity index (χ3v) is 13.6. The molecule has 3 aliphatic rings. The number of hydrogen-bond donors (Lipinski definition) is 14. The molecule has 3 fully saturated rings. The van der Waals surface area contributed by atoms with Gasteiger partial charge in [0, 0.05) is 19.8 Å². The van der Waals surface area contributed by atoms with Crippen molar-refractivity contribution < 1.29 is 104 Å². The van der Waals surface area contributed by atoms with Crippen LogP contribution < -0.4 is 10.6 Å². The maximum absolute atomic E-state index is 13.2. The smallest absolute Gasteiger partial charge is 0.364 e. The number of hydrogen-bond acceptors (Lipinski definition) is 20. The van der Waals surface area contributed by atoms with Crippen molar-refractivity contribution in [1.29, 1.82) is 0 Å². The number of carbonyl (C=O) groups excluding carboxylic acids is 2. The average Bonchev–Trinajstić information content (AvgIpc) is 3.37. The molecule has 0 aromatic carbocycles. The summed E-state index contributed by atoms with van der Waals surface area (Å²) in [5, 5.41) is 135. The molecular formula is C51H90N2O21. The van der Waals surface area contributed by atoms with Gasteiger partial charge in [-0.3, -0.25) is 9.59 Å². The van der Waals surface area contributed by atoms with Crippen LogP contribution in [0.5, 0.6) is 0 Å². The first kappa shape index (κ1) is 65.5. The molecule has 3 heterocycles. The minimum atomic E-state index is -3.08. The first-order valence-electron chi connectivity index (χ1n) is 26.7. The van der Waals surface area contributed by atoms with E-state index in [-0.39, 0.29) is 12.3 Å². The Morgan fingerprint density at radius 1 is 0.703 bits per heavy atom. The van der Waals surface area contributed by atoms with Crippen LogP contribution in [-0.4, -0.2) is 215 Å². The van der Waals surface area contributed by atoms with E-state index in [1.165, 1.54) is 19.3 Å². The third-order valence-electron chi connectivity index (χ3n) is 13.6. The van der Waals surface area contributed by atoms with Gasteiger partial charge in [-0.25, -0.2) is 4.79 Å². The van der Waals surface area contributed by atoms with Crippen LogP contribution in [0, 0.1) is 0 Å². The molecule has 14 N–H and O–H groups in total. The second-order valence-corrected chi connectivity index (χ2v) is 19.7. The molecule has 0 spiro atoms. The lowest BCUT2D eigenvalue weighted by Gasteiger charge is -2.50. The average molecular weight is 1070 g/mol. The number of aliphatic hydroxyl groups is 11. The van der Waals surface area contributed by atoms with Crippen molar-refractivity contribution in [1.82, 2.24) is 10.6 Å². The summed E-state index contributed by atoms with van der Waals surface area (Å²) in [6.07, 6.45) is -4.08. The highest BCUT2D eigenvalue weighted by Gasteiger charge is 2.60. The minimum Gasteiger partial charge on any atom is -0.477 e. The van der Waals surface area contributed by atoms with Gasteiger partial charge in [0.25, 0.3) is 5.79 Å². The molecule has 2 amide bonds. The summed E-state index contributed by atoms with van der Waals surface area (Å²) < 4.78 is 34.5. The fourth-order valence-electron chi connectivity index (χ4n) is 9.21. The Bertz CT molecular complexity index is 1650. The molecular weight excluding hydrogens is 977 g/mol. The zero-order valence-corrected chi connectivity index (χ0v) is 43.4. The third kappa shape index (κ3) is 20.5. The molecule has 18 atom stereocenters. The van der Waals surface area contributed by atoms with Gasteiger partial charge < -0.3 is 100 Å². The lowest BCUT2D eigenvalue weighted by atomic mass is 9.88. The summed E-state index contributed by atoms with van der Waals surface area (Å²) in [5.41, 5.74) is 0. The van der Waals surface area contributed by atoms with E-state index in [1.54, 1.807) is 6.08 Å². The van der Waals surface area contributed by atoms with Crippen molar-refractivity contribution >= 4 is 17.8 Å². The van der Waals surface area contributed by atoms with Crippen LogP contribution in [0.4, 0.5) is 0 Å². The van der Waals surface area contributed by atoms with Crippen molar-refractivity contribution in [3.8, 4) is 0 Å². The summed E-state index contributed by atoms with van der Waals surface area (Å²) in [6.45, 7) is 1.96. The molecule has 0 radical (unpaired) electrons. The number of aliphatic hydroxyl groups excluding tert-OH is 11. The molecule has 3 rings (SSSR count). The molecule has 23 heteroatoms. The van der Waals surface area contributed by atoms with Crippen molar-refractivity contribution in [2.24, 2.45) is 0 Å². The number of unbranched alkanes of at least 4 members (excludes halogenated alkanes) is 14. The maximum atomic E-state index is 13.2. The van der Waals surface area contributed by atoms with Crippen LogP contribution in [-0.2, 0) is 42.8 Å². The van der Waals surface area contributed by atoms with E-state index in [9.17, 15) is 75.7 Å². The predicted octanol–water partition coefficient (Wildman–Crippen LogP) is -0.179. The number of nitrogens with one attached hydrogen (secondary N) is 2. The molecule has 3 aliphatic heterocycles. The van der Waals surface area contributed by atoms with E-state index in [1.807, 2.05) is 6.08 Å². The van der Waals surface area contributed by atoms with Crippen molar-refractivity contribution in [3.63, 3.8) is 0 Å². The van der Waals surface area contributed by atoms with Crippen molar-refractivity contribution in [3.05, 3.63) is 24.3 Å². The van der Waals surface area contributed by atoms with E-state index in [0.717, 1.165) is 84.0 Å². The van der Waals surface area contributed by atoms with Crippen LogP contribution in [0.3, 0.4) is 0 Å². The Morgan fingerprint density at radius 3 is 1.88 bits per heavy atom. The number of ether oxygens (including phenoxy) is 6. The van der Waals surface area contributed by atoms with Crippen LogP contribution in [0.15, 0.2) is 24.3 Å². The second-order valence-electron chi connectivity index (χ2n) is 19.7. The number of carboxylic acid groups (broad SMARTS) is 1. The SMILES string of the molecule is CCCC/C=C\CCCCCCCC(=O)NC(COC1OC(CO)C(OC2OC(CO)C(O)C(OC3(C(=O)O)CC(O)C(NC(C)=O)C(C(O)C(O)CO)O3)C2O)C(O)C1O)C(O)/C=C/CCCCCCCCC. The topological polar surface area (TPSA) is 373 Å². The summed E-state index contributed by atoms with van der Waals surface area (Å²) >= 11 is 0. The zero-order chi connectivity index (χ0) is 54.8. The van der Waals surface area contributed by atoms with Crippen molar-refractivity contribution in [2.45, 2.75) is 253 Å². The van der Waals surface area contributed by atoms with Gasteiger partial charge in [0.05, 0.1) is 50.7 Å². The number of carboxylic acids is 1. The molecule has 74 heavy (non-hydrogen) atoms. The predicted molar refractivity (Wildman–Crippen MR) is 264 cm³/mol. The van der Waals surface area contributed by atoms with E-state index < -0.39 is 155 Å². The fourth-order valence-corrected chi connectivity index (χ4v) is 9.21. The summed E-state index contributed by atoms with van der Waals surface area (Å²) in [6, 6.07) is -2.61. The molecule has 23 nitrogen and oxygen atoms in total. The number of rotatable bonds is 36. The normalized spacial score (nSPS) is 32.3. The highest BCUT2D eigenvalue weighted by molar-refractivity contribution is 5.77. The standard InChI is InChI=1S/C51H90N2O21/c1-4-6-8-10-12-14-15-17-19-21-23-25-38(61)53-32(33(58)24-22-20-18-16-13-11-9-7-5-2)30-69-48-43(65)42(64)45(37(29-56)71-48)72-49-44(66)47(41(63)36(28-55)70-49)74-51(50(67)68)26-34(59)39(52-31(3)57)46(73-51)40(62)35(60)27-54/h10,12,22,24,32-37,39-49,54-56,58-60,62-66H,4-9,11,13-21,23,25-30H2,1-3H3,(H,52,57)(H,53,61)(H,67,68)/b12-10-,24-22+.